The summed E-state index contributed by atoms with van der Waals surface area (Å²) in [6, 6.07) is 9.34. The van der Waals surface area contributed by atoms with Crippen LogP contribution < -0.4 is 14.8 Å². The maximum Gasteiger partial charge on any atom is 0.224 e. The van der Waals surface area contributed by atoms with Crippen molar-refractivity contribution in [2.24, 2.45) is 0 Å². The number of pyridine rings is 1. The summed E-state index contributed by atoms with van der Waals surface area (Å²) in [6.45, 7) is 3.16. The van der Waals surface area contributed by atoms with Crippen LogP contribution in [0.4, 0.5) is 5.69 Å². The lowest BCUT2D eigenvalue weighted by Crippen LogP contribution is -2.30. The molecule has 0 atom stereocenters. The van der Waals surface area contributed by atoms with E-state index in [-0.39, 0.29) is 11.8 Å². The predicted molar refractivity (Wildman–Crippen MR) is 101 cm³/mol. The zero-order valence-corrected chi connectivity index (χ0v) is 15.5. The monoisotopic (exact) mass is 369 g/mol. The Kier molecular flexibility index (Phi) is 5.90. The number of methoxy groups -OCH3 is 1. The van der Waals surface area contributed by atoms with E-state index in [0.29, 0.717) is 44.1 Å². The summed E-state index contributed by atoms with van der Waals surface area (Å²) in [6.07, 6.45) is 2.51. The molecule has 1 aromatic heterocycles. The molecule has 0 bridgehead atoms. The molecule has 0 radical (unpaired) electrons. The van der Waals surface area contributed by atoms with Crippen LogP contribution in [0.15, 0.2) is 36.5 Å². The Morgan fingerprint density at radius 1 is 1.30 bits per heavy atom. The molecule has 3 rings (SSSR count). The molecule has 1 aliphatic rings. The van der Waals surface area contributed by atoms with Crippen LogP contribution in [0.5, 0.6) is 11.6 Å². The first-order chi connectivity index (χ1) is 13.0. The lowest BCUT2D eigenvalue weighted by atomic mass is 10.0. The second-order valence-corrected chi connectivity index (χ2v) is 6.37. The van der Waals surface area contributed by atoms with Crippen molar-refractivity contribution in [3.63, 3.8) is 0 Å². The number of aromatic nitrogens is 1. The van der Waals surface area contributed by atoms with Gasteiger partial charge >= 0.3 is 0 Å². The zero-order chi connectivity index (χ0) is 19.2. The topological polar surface area (TPSA) is 80.8 Å². The average molecular weight is 369 g/mol. The van der Waals surface area contributed by atoms with Gasteiger partial charge in [0.1, 0.15) is 12.4 Å². The first-order valence-electron chi connectivity index (χ1n) is 8.85. The molecule has 0 saturated carbocycles. The van der Waals surface area contributed by atoms with Crippen molar-refractivity contribution in [2.75, 3.05) is 25.6 Å². The molecule has 1 aliphatic heterocycles. The van der Waals surface area contributed by atoms with Crippen molar-refractivity contribution in [3.8, 4) is 11.6 Å². The molecule has 2 aromatic rings. The van der Waals surface area contributed by atoms with E-state index in [9.17, 15) is 9.59 Å². The summed E-state index contributed by atoms with van der Waals surface area (Å²) >= 11 is 0. The quantitative estimate of drug-likeness (QED) is 0.875. The highest BCUT2D eigenvalue weighted by Gasteiger charge is 2.17. The van der Waals surface area contributed by atoms with Crippen LogP contribution >= 0.6 is 0 Å². The predicted octanol–water partition coefficient (Wildman–Crippen LogP) is 2.40. The third kappa shape index (κ3) is 4.97. The Bertz CT molecular complexity index is 820. The summed E-state index contributed by atoms with van der Waals surface area (Å²) in [5, 5.41) is 2.82. The van der Waals surface area contributed by atoms with E-state index in [0.717, 1.165) is 16.9 Å². The van der Waals surface area contributed by atoms with Crippen molar-refractivity contribution in [1.82, 2.24) is 9.88 Å². The number of amides is 2. The fraction of sp³-hybridized carbons (Fsp3) is 0.350. The van der Waals surface area contributed by atoms with Crippen molar-refractivity contribution in [2.45, 2.75) is 26.3 Å². The number of nitrogens with zero attached hydrogens (tertiary/aromatic N) is 2. The summed E-state index contributed by atoms with van der Waals surface area (Å²) in [4.78, 5) is 29.7. The molecular formula is C20H23N3O4. The third-order valence-electron chi connectivity index (χ3n) is 4.42. The Morgan fingerprint density at radius 2 is 2.15 bits per heavy atom. The number of ether oxygens (including phenoxy) is 2. The van der Waals surface area contributed by atoms with Gasteiger partial charge in [0.25, 0.3) is 0 Å². The lowest BCUT2D eigenvalue weighted by molar-refractivity contribution is -0.129. The molecule has 0 spiro atoms. The molecule has 1 N–H and O–H groups in total. The standard InChI is InChI=1S/C20H23N3O4/c1-14(24)23-9-10-27-18-6-3-15(11-16(18)13-23)4-7-19(25)22-17-5-8-20(26-2)21-12-17/h3,5-6,8,11-12H,4,7,9-10,13H2,1-2H3,(H,22,25). The molecule has 0 unspecified atom stereocenters. The summed E-state index contributed by atoms with van der Waals surface area (Å²) in [7, 11) is 1.54. The van der Waals surface area contributed by atoms with Crippen LogP contribution in [0.3, 0.4) is 0 Å². The molecule has 0 saturated heterocycles. The highest BCUT2D eigenvalue weighted by atomic mass is 16.5. The molecule has 2 amide bonds. The van der Waals surface area contributed by atoms with Gasteiger partial charge in [0.2, 0.25) is 17.7 Å². The number of carbonyl (C=O) groups excluding carboxylic acids is 2. The molecule has 27 heavy (non-hydrogen) atoms. The maximum atomic E-state index is 12.2. The van der Waals surface area contributed by atoms with Crippen molar-refractivity contribution in [1.29, 1.82) is 0 Å². The Hall–Kier alpha value is -3.09. The van der Waals surface area contributed by atoms with E-state index < -0.39 is 0 Å². The number of fused-ring (bicyclic) bond motifs is 1. The molecule has 7 nitrogen and oxygen atoms in total. The first-order valence-corrected chi connectivity index (χ1v) is 8.85. The highest BCUT2D eigenvalue weighted by Crippen LogP contribution is 2.25. The zero-order valence-electron chi connectivity index (χ0n) is 15.5. The van der Waals surface area contributed by atoms with E-state index in [2.05, 4.69) is 10.3 Å². The normalized spacial score (nSPS) is 13.2. The van der Waals surface area contributed by atoms with Gasteiger partial charge in [-0.2, -0.15) is 0 Å². The number of benzene rings is 1. The van der Waals surface area contributed by atoms with Crippen LogP contribution in [0.1, 0.15) is 24.5 Å². The summed E-state index contributed by atoms with van der Waals surface area (Å²) in [5.41, 5.74) is 2.64. The van der Waals surface area contributed by atoms with E-state index in [4.69, 9.17) is 9.47 Å². The summed E-state index contributed by atoms with van der Waals surface area (Å²) < 4.78 is 10.7. The van der Waals surface area contributed by atoms with Gasteiger partial charge in [-0.05, 0) is 24.1 Å². The molecule has 2 heterocycles. The van der Waals surface area contributed by atoms with Crippen LogP contribution in [-0.2, 0) is 22.6 Å². The third-order valence-corrected chi connectivity index (χ3v) is 4.42. The van der Waals surface area contributed by atoms with E-state index in [1.807, 2.05) is 18.2 Å². The van der Waals surface area contributed by atoms with Gasteiger partial charge in [0, 0.05) is 31.5 Å². The minimum atomic E-state index is -0.0847. The number of carbonyl (C=O) groups is 2. The Labute approximate surface area is 158 Å². The number of nitrogens with one attached hydrogen (secondary N) is 1. The number of aryl methyl sites for hydroxylation is 1. The van der Waals surface area contributed by atoms with Gasteiger partial charge in [0.05, 0.1) is 25.5 Å². The van der Waals surface area contributed by atoms with E-state index >= 15 is 0 Å². The second-order valence-electron chi connectivity index (χ2n) is 6.37. The first kappa shape index (κ1) is 18.7. The van der Waals surface area contributed by atoms with Gasteiger partial charge < -0.3 is 19.7 Å². The minimum absolute atomic E-state index is 0.0318. The fourth-order valence-corrected chi connectivity index (χ4v) is 2.93. The van der Waals surface area contributed by atoms with Crippen molar-refractivity contribution >= 4 is 17.5 Å². The lowest BCUT2D eigenvalue weighted by Gasteiger charge is -2.17. The largest absolute Gasteiger partial charge is 0.491 e. The smallest absolute Gasteiger partial charge is 0.224 e. The fourth-order valence-electron chi connectivity index (χ4n) is 2.93. The maximum absolute atomic E-state index is 12.2. The van der Waals surface area contributed by atoms with Gasteiger partial charge in [-0.3, -0.25) is 9.59 Å². The molecule has 142 valence electrons. The molecule has 7 heteroatoms. The van der Waals surface area contributed by atoms with Crippen LogP contribution in [0.25, 0.3) is 0 Å². The highest BCUT2D eigenvalue weighted by molar-refractivity contribution is 5.90. The summed E-state index contributed by atoms with van der Waals surface area (Å²) in [5.74, 6) is 1.25. The Morgan fingerprint density at radius 3 is 2.85 bits per heavy atom. The van der Waals surface area contributed by atoms with Gasteiger partial charge in [0.15, 0.2) is 0 Å². The van der Waals surface area contributed by atoms with Gasteiger partial charge in [-0.25, -0.2) is 4.98 Å². The molecule has 0 aliphatic carbocycles. The van der Waals surface area contributed by atoms with Crippen LogP contribution in [0, 0.1) is 0 Å². The molecule has 1 aromatic carbocycles. The Balaban J connectivity index is 1.59. The van der Waals surface area contributed by atoms with Gasteiger partial charge in [-0.15, -0.1) is 0 Å². The molecular weight excluding hydrogens is 346 g/mol. The second kappa shape index (κ2) is 8.53. The number of anilines is 1. The van der Waals surface area contributed by atoms with Crippen molar-refractivity contribution in [3.05, 3.63) is 47.7 Å². The number of hydrogen-bond acceptors (Lipinski definition) is 5. The molecule has 0 fully saturated rings. The minimum Gasteiger partial charge on any atom is -0.491 e. The SMILES string of the molecule is COc1ccc(NC(=O)CCc2ccc3c(c2)CN(C(C)=O)CCO3)cn1. The van der Waals surface area contributed by atoms with Crippen LogP contribution in [-0.4, -0.2) is 42.0 Å². The van der Waals surface area contributed by atoms with Crippen LogP contribution in [0.2, 0.25) is 0 Å². The number of hydrogen-bond donors (Lipinski definition) is 1. The van der Waals surface area contributed by atoms with E-state index in [1.165, 1.54) is 0 Å². The van der Waals surface area contributed by atoms with Crippen molar-refractivity contribution < 1.29 is 19.1 Å². The van der Waals surface area contributed by atoms with Gasteiger partial charge in [-0.1, -0.05) is 12.1 Å². The average Bonchev–Trinajstić information content (AvgIpc) is 2.89. The number of rotatable bonds is 5. The van der Waals surface area contributed by atoms with E-state index in [1.54, 1.807) is 37.3 Å².